The van der Waals surface area contributed by atoms with E-state index in [2.05, 4.69) is 26.3 Å². The Hall–Kier alpha value is -2.42. The SMILES string of the molecule is Cc1cc2c(NC3CCN(c4ccc(C(F)(F)F)cn4)CC3)ncnc2s1. The van der Waals surface area contributed by atoms with Crippen molar-refractivity contribution in [3.63, 3.8) is 0 Å². The van der Waals surface area contributed by atoms with Gasteiger partial charge in [0, 0.05) is 30.2 Å². The molecule has 1 aliphatic rings. The number of fused-ring (bicyclic) bond motifs is 1. The van der Waals surface area contributed by atoms with Crippen molar-refractivity contribution >= 4 is 33.2 Å². The van der Waals surface area contributed by atoms with Gasteiger partial charge in [-0.25, -0.2) is 15.0 Å². The highest BCUT2D eigenvalue weighted by Gasteiger charge is 2.31. The van der Waals surface area contributed by atoms with E-state index in [1.54, 1.807) is 17.7 Å². The molecule has 0 saturated carbocycles. The minimum Gasteiger partial charge on any atom is -0.367 e. The molecule has 4 rings (SSSR count). The Morgan fingerprint density at radius 2 is 1.93 bits per heavy atom. The van der Waals surface area contributed by atoms with E-state index in [-0.39, 0.29) is 6.04 Å². The predicted molar refractivity (Wildman–Crippen MR) is 100 cm³/mol. The normalized spacial score (nSPS) is 16.1. The Kier molecular flexibility index (Phi) is 4.63. The lowest BCUT2D eigenvalue weighted by Gasteiger charge is -2.33. The van der Waals surface area contributed by atoms with Gasteiger partial charge in [0.25, 0.3) is 0 Å². The number of nitrogens with zero attached hydrogens (tertiary/aromatic N) is 4. The molecule has 27 heavy (non-hydrogen) atoms. The zero-order valence-electron chi connectivity index (χ0n) is 14.6. The number of aromatic nitrogens is 3. The summed E-state index contributed by atoms with van der Waals surface area (Å²) in [5.41, 5.74) is -0.721. The molecule has 0 spiro atoms. The average molecular weight is 393 g/mol. The predicted octanol–water partition coefficient (Wildman–Crippen LogP) is 4.49. The van der Waals surface area contributed by atoms with Gasteiger partial charge in [-0.3, -0.25) is 0 Å². The Labute approximate surface area is 158 Å². The Morgan fingerprint density at radius 1 is 1.15 bits per heavy atom. The highest BCUT2D eigenvalue weighted by molar-refractivity contribution is 7.18. The lowest BCUT2D eigenvalue weighted by atomic mass is 10.0. The quantitative estimate of drug-likeness (QED) is 0.710. The fourth-order valence-electron chi connectivity index (χ4n) is 3.28. The minimum absolute atomic E-state index is 0.258. The number of hydrogen-bond acceptors (Lipinski definition) is 6. The average Bonchev–Trinajstić information content (AvgIpc) is 3.03. The van der Waals surface area contributed by atoms with Gasteiger partial charge in [0.2, 0.25) is 0 Å². The lowest BCUT2D eigenvalue weighted by molar-refractivity contribution is -0.137. The van der Waals surface area contributed by atoms with Crippen LogP contribution in [0.3, 0.4) is 0 Å². The molecule has 1 saturated heterocycles. The second-order valence-corrected chi connectivity index (χ2v) is 7.84. The molecule has 0 radical (unpaired) electrons. The summed E-state index contributed by atoms with van der Waals surface area (Å²) in [5, 5.41) is 4.53. The molecule has 0 amide bonds. The number of rotatable bonds is 3. The third kappa shape index (κ3) is 3.83. The fraction of sp³-hybridized carbons (Fsp3) is 0.389. The monoisotopic (exact) mass is 393 g/mol. The van der Waals surface area contributed by atoms with E-state index in [0.29, 0.717) is 5.82 Å². The van der Waals surface area contributed by atoms with Crippen molar-refractivity contribution in [2.24, 2.45) is 0 Å². The van der Waals surface area contributed by atoms with Crippen LogP contribution < -0.4 is 10.2 Å². The van der Waals surface area contributed by atoms with Gasteiger partial charge < -0.3 is 10.2 Å². The maximum absolute atomic E-state index is 12.7. The molecule has 5 nitrogen and oxygen atoms in total. The number of halogens is 3. The summed E-state index contributed by atoms with van der Waals surface area (Å²) < 4.78 is 38.0. The molecule has 0 aromatic carbocycles. The van der Waals surface area contributed by atoms with E-state index in [1.807, 2.05) is 11.8 Å². The van der Waals surface area contributed by atoms with Crippen LogP contribution in [0.25, 0.3) is 10.2 Å². The first-order chi connectivity index (χ1) is 12.9. The summed E-state index contributed by atoms with van der Waals surface area (Å²) in [6.45, 7) is 3.51. The third-order valence-electron chi connectivity index (χ3n) is 4.69. The van der Waals surface area contributed by atoms with Gasteiger partial charge in [-0.15, -0.1) is 11.3 Å². The van der Waals surface area contributed by atoms with Crippen LogP contribution in [0.1, 0.15) is 23.3 Å². The maximum atomic E-state index is 12.7. The van der Waals surface area contributed by atoms with Crippen LogP contribution in [0.2, 0.25) is 0 Å². The van der Waals surface area contributed by atoms with Crippen molar-refractivity contribution in [3.8, 4) is 0 Å². The van der Waals surface area contributed by atoms with Gasteiger partial charge in [-0.05, 0) is 38.0 Å². The van der Waals surface area contributed by atoms with Crippen LogP contribution in [0, 0.1) is 6.92 Å². The minimum atomic E-state index is -4.36. The number of nitrogens with one attached hydrogen (secondary N) is 1. The van der Waals surface area contributed by atoms with Gasteiger partial charge in [0.05, 0.1) is 10.9 Å². The Bertz CT molecular complexity index is 930. The number of hydrogen-bond donors (Lipinski definition) is 1. The highest BCUT2D eigenvalue weighted by Crippen LogP contribution is 2.31. The summed E-state index contributed by atoms with van der Waals surface area (Å²) in [6.07, 6.45) is -0.169. The summed E-state index contributed by atoms with van der Waals surface area (Å²) in [7, 11) is 0. The topological polar surface area (TPSA) is 53.9 Å². The van der Waals surface area contributed by atoms with Gasteiger partial charge in [-0.2, -0.15) is 13.2 Å². The Morgan fingerprint density at radius 3 is 2.59 bits per heavy atom. The zero-order valence-corrected chi connectivity index (χ0v) is 15.4. The second-order valence-electron chi connectivity index (χ2n) is 6.61. The standard InChI is InChI=1S/C18H18F3N5S/c1-11-8-14-16(23-10-24-17(14)27-11)25-13-4-6-26(7-5-13)15-3-2-12(9-22-15)18(19,20)21/h2-3,8-10,13H,4-7H2,1H3,(H,23,24,25). The second kappa shape index (κ2) is 6.95. The molecule has 1 fully saturated rings. The molecule has 0 atom stereocenters. The first kappa shape index (κ1) is 18.0. The molecule has 3 aromatic rings. The van der Waals surface area contributed by atoms with Crippen molar-refractivity contribution in [1.82, 2.24) is 15.0 Å². The van der Waals surface area contributed by atoms with Crippen molar-refractivity contribution < 1.29 is 13.2 Å². The number of alkyl halides is 3. The molecule has 1 N–H and O–H groups in total. The molecule has 1 aliphatic heterocycles. The molecule has 3 aromatic heterocycles. The van der Waals surface area contributed by atoms with Gasteiger partial charge in [0.15, 0.2) is 0 Å². The molecular weight excluding hydrogens is 375 g/mol. The number of aryl methyl sites for hydroxylation is 1. The van der Waals surface area contributed by atoms with E-state index >= 15 is 0 Å². The summed E-state index contributed by atoms with van der Waals surface area (Å²) >= 11 is 1.64. The molecular formula is C18H18F3N5S. The summed E-state index contributed by atoms with van der Waals surface area (Å²) in [4.78, 5) is 16.8. The van der Waals surface area contributed by atoms with Gasteiger partial charge in [0.1, 0.15) is 22.8 Å². The molecule has 9 heteroatoms. The summed E-state index contributed by atoms with van der Waals surface area (Å²) in [6, 6.07) is 4.87. The van der Waals surface area contributed by atoms with Gasteiger partial charge >= 0.3 is 6.18 Å². The van der Waals surface area contributed by atoms with Crippen LogP contribution in [0.15, 0.2) is 30.7 Å². The number of piperidine rings is 1. The van der Waals surface area contributed by atoms with E-state index in [1.165, 1.54) is 10.9 Å². The first-order valence-electron chi connectivity index (χ1n) is 8.66. The van der Waals surface area contributed by atoms with Crippen molar-refractivity contribution in [3.05, 3.63) is 41.2 Å². The molecule has 0 unspecified atom stereocenters. The van der Waals surface area contributed by atoms with Crippen LogP contribution >= 0.6 is 11.3 Å². The van der Waals surface area contributed by atoms with E-state index in [4.69, 9.17) is 0 Å². The van der Waals surface area contributed by atoms with Crippen molar-refractivity contribution in [1.29, 1.82) is 0 Å². The fourth-order valence-corrected chi connectivity index (χ4v) is 4.13. The lowest BCUT2D eigenvalue weighted by Crippen LogP contribution is -2.39. The zero-order chi connectivity index (χ0) is 19.0. The van der Waals surface area contributed by atoms with Crippen molar-refractivity contribution in [2.45, 2.75) is 32.0 Å². The molecule has 4 heterocycles. The maximum Gasteiger partial charge on any atom is 0.417 e. The van der Waals surface area contributed by atoms with Crippen molar-refractivity contribution in [2.75, 3.05) is 23.3 Å². The highest BCUT2D eigenvalue weighted by atomic mass is 32.1. The number of anilines is 2. The first-order valence-corrected chi connectivity index (χ1v) is 9.48. The van der Waals surface area contributed by atoms with Crippen LogP contribution in [0.4, 0.5) is 24.8 Å². The van der Waals surface area contributed by atoms with E-state index < -0.39 is 11.7 Å². The van der Waals surface area contributed by atoms with Crippen LogP contribution in [-0.2, 0) is 6.18 Å². The molecule has 0 aliphatic carbocycles. The largest absolute Gasteiger partial charge is 0.417 e. The molecule has 142 valence electrons. The van der Waals surface area contributed by atoms with Crippen LogP contribution in [-0.4, -0.2) is 34.1 Å². The van der Waals surface area contributed by atoms with E-state index in [0.717, 1.165) is 54.2 Å². The Balaban J connectivity index is 1.40. The number of pyridine rings is 1. The van der Waals surface area contributed by atoms with Gasteiger partial charge in [-0.1, -0.05) is 0 Å². The van der Waals surface area contributed by atoms with E-state index in [9.17, 15) is 13.2 Å². The summed E-state index contributed by atoms with van der Waals surface area (Å²) in [5.74, 6) is 1.43. The molecule has 0 bridgehead atoms. The smallest absolute Gasteiger partial charge is 0.367 e. The third-order valence-corrected chi connectivity index (χ3v) is 5.65. The number of thiophene rings is 1. The van der Waals surface area contributed by atoms with Crippen LogP contribution in [0.5, 0.6) is 0 Å².